The normalized spacial score (nSPS) is 10.9. The van der Waals surface area contributed by atoms with Crippen molar-refractivity contribution in [2.75, 3.05) is 0 Å². The van der Waals surface area contributed by atoms with E-state index in [1.54, 1.807) is 0 Å². The van der Waals surface area contributed by atoms with Crippen LogP contribution in [0.3, 0.4) is 0 Å². The summed E-state index contributed by atoms with van der Waals surface area (Å²) in [5, 5.41) is 10.4. The van der Waals surface area contributed by atoms with E-state index in [-0.39, 0.29) is 56.0 Å². The zero-order valence-electron chi connectivity index (χ0n) is 9.47. The number of hydrogen-bond acceptors (Lipinski definition) is 4. The van der Waals surface area contributed by atoms with E-state index in [1.807, 2.05) is 0 Å². The minimum absolute atomic E-state index is 0. The van der Waals surface area contributed by atoms with E-state index < -0.39 is 35.3 Å². The van der Waals surface area contributed by atoms with Crippen LogP contribution in [0.2, 0.25) is 0 Å². The van der Waals surface area contributed by atoms with Crippen LogP contribution in [0.1, 0.15) is 0 Å². The molecule has 0 aliphatic heterocycles. The van der Waals surface area contributed by atoms with Crippen molar-refractivity contribution in [3.8, 4) is 0 Å². The van der Waals surface area contributed by atoms with E-state index in [1.165, 1.54) is 0 Å². The van der Waals surface area contributed by atoms with Gasteiger partial charge >= 0.3 is 75.3 Å². The van der Waals surface area contributed by atoms with Crippen molar-refractivity contribution in [2.24, 2.45) is 7.05 Å². The molecule has 0 aliphatic carbocycles. The van der Waals surface area contributed by atoms with Gasteiger partial charge in [0.1, 0.15) is 0 Å². The summed E-state index contributed by atoms with van der Waals surface area (Å²) in [6, 6.07) is 0. The van der Waals surface area contributed by atoms with Crippen molar-refractivity contribution in [3.63, 3.8) is 0 Å². The Morgan fingerprint density at radius 1 is 1.39 bits per heavy atom. The molecule has 0 atom stereocenters. The standard InChI is InChI=1S/C6H6BF3N3O4.K/c1-11-2-4(13(16)17)5(14)12(6(11)15)3-7(8,9)10;/h2H,3H2,1H3;/q-1;+1. The van der Waals surface area contributed by atoms with Crippen LogP contribution in [0.25, 0.3) is 0 Å². The fourth-order valence-electron chi connectivity index (χ4n) is 1.20. The molecule has 0 radical (unpaired) electrons. The van der Waals surface area contributed by atoms with Gasteiger partial charge < -0.3 is 12.9 Å². The van der Waals surface area contributed by atoms with Crippen molar-refractivity contribution >= 4 is 12.7 Å². The SMILES string of the molecule is Cn1cc([N+](=O)[O-])c(=O)n(C[B-](F)(F)F)c1=O.[K+]. The summed E-state index contributed by atoms with van der Waals surface area (Å²) in [5.74, 6) is 0. The summed E-state index contributed by atoms with van der Waals surface area (Å²) >= 11 is 0. The molecule has 18 heavy (non-hydrogen) atoms. The number of aryl methyl sites for hydroxylation is 1. The number of aromatic nitrogens is 2. The molecule has 0 amide bonds. The maximum absolute atomic E-state index is 12.2. The second kappa shape index (κ2) is 6.14. The van der Waals surface area contributed by atoms with Gasteiger partial charge in [-0.25, -0.2) is 4.79 Å². The van der Waals surface area contributed by atoms with Crippen LogP contribution in [0.15, 0.2) is 15.8 Å². The molecule has 0 N–H and O–H groups in total. The molecule has 1 aromatic heterocycles. The minimum atomic E-state index is -5.44. The first-order valence-electron chi connectivity index (χ1n) is 4.29. The summed E-state index contributed by atoms with van der Waals surface area (Å²) in [6.07, 6.45) is -1.21. The molecule has 0 spiro atoms. The largest absolute Gasteiger partial charge is 1.00 e. The molecular weight excluding hydrogens is 285 g/mol. The van der Waals surface area contributed by atoms with Gasteiger partial charge in [0.15, 0.2) is 0 Å². The third-order valence-corrected chi connectivity index (χ3v) is 1.90. The first-order chi connectivity index (χ1) is 7.63. The predicted molar refractivity (Wildman–Crippen MR) is 51.7 cm³/mol. The third kappa shape index (κ3) is 4.05. The first kappa shape index (κ1) is 17.6. The molecule has 1 aromatic rings. The van der Waals surface area contributed by atoms with Crippen molar-refractivity contribution in [3.05, 3.63) is 37.1 Å². The molecule has 0 saturated heterocycles. The molecule has 1 rings (SSSR count). The molecule has 7 nitrogen and oxygen atoms in total. The number of nitro groups is 1. The van der Waals surface area contributed by atoms with Gasteiger partial charge in [-0.1, -0.05) is 0 Å². The molecule has 94 valence electrons. The Morgan fingerprint density at radius 3 is 2.28 bits per heavy atom. The average Bonchev–Trinajstić information content (AvgIpc) is 2.16. The van der Waals surface area contributed by atoms with Crippen LogP contribution in [-0.4, -0.2) is 21.0 Å². The van der Waals surface area contributed by atoms with Crippen molar-refractivity contribution < 1.29 is 69.3 Å². The number of halogens is 3. The Bertz CT molecular complexity index is 581. The zero-order chi connectivity index (χ0) is 13.4. The zero-order valence-corrected chi connectivity index (χ0v) is 12.6. The smallest absolute Gasteiger partial charge is 0.448 e. The van der Waals surface area contributed by atoms with Gasteiger partial charge in [0.25, 0.3) is 0 Å². The van der Waals surface area contributed by atoms with Gasteiger partial charge in [-0.15, -0.1) is 0 Å². The summed E-state index contributed by atoms with van der Waals surface area (Å²) < 4.78 is 36.8. The topological polar surface area (TPSA) is 87.1 Å². The Hall–Kier alpha value is -0.429. The molecule has 0 fully saturated rings. The monoisotopic (exact) mass is 291 g/mol. The van der Waals surface area contributed by atoms with Crippen LogP contribution in [0.5, 0.6) is 0 Å². The molecule has 0 aliphatic rings. The van der Waals surface area contributed by atoms with E-state index in [4.69, 9.17) is 0 Å². The Labute approximate surface area is 140 Å². The maximum Gasteiger partial charge on any atom is 1.00 e. The van der Waals surface area contributed by atoms with Gasteiger partial charge in [-0.3, -0.25) is 24.0 Å². The van der Waals surface area contributed by atoms with E-state index in [9.17, 15) is 32.7 Å². The predicted octanol–water partition coefficient (Wildman–Crippen LogP) is -3.15. The second-order valence-corrected chi connectivity index (χ2v) is 3.29. The van der Waals surface area contributed by atoms with Gasteiger partial charge in [0.2, 0.25) is 0 Å². The summed E-state index contributed by atoms with van der Waals surface area (Å²) in [6.45, 7) is -5.44. The Morgan fingerprint density at radius 2 is 1.89 bits per heavy atom. The van der Waals surface area contributed by atoms with Crippen molar-refractivity contribution in [1.82, 2.24) is 9.13 Å². The summed E-state index contributed by atoms with van der Waals surface area (Å²) in [7, 11) is 1.02. The molecule has 1 heterocycles. The number of rotatable bonds is 3. The minimum Gasteiger partial charge on any atom is -0.448 e. The number of hydrogen-bond donors (Lipinski definition) is 0. The van der Waals surface area contributed by atoms with E-state index >= 15 is 0 Å². The number of nitrogens with zero attached hydrogens (tertiary/aromatic N) is 3. The van der Waals surface area contributed by atoms with Gasteiger partial charge in [-0.05, 0) is 0 Å². The Balaban J connectivity index is 0.00000289. The molecule has 0 bridgehead atoms. The second-order valence-electron chi connectivity index (χ2n) is 3.29. The van der Waals surface area contributed by atoms with E-state index in [2.05, 4.69) is 0 Å². The summed E-state index contributed by atoms with van der Waals surface area (Å²) in [5.41, 5.74) is -3.88. The molecule has 0 unspecified atom stereocenters. The van der Waals surface area contributed by atoms with Crippen molar-refractivity contribution in [2.45, 2.75) is 6.44 Å². The van der Waals surface area contributed by atoms with Crippen LogP contribution < -0.4 is 62.6 Å². The molecule has 12 heteroatoms. The van der Waals surface area contributed by atoms with Gasteiger partial charge in [0, 0.05) is 13.5 Å². The van der Waals surface area contributed by atoms with E-state index in [0.29, 0.717) is 10.8 Å². The van der Waals surface area contributed by atoms with Crippen LogP contribution in [-0.2, 0) is 13.5 Å². The van der Waals surface area contributed by atoms with Crippen molar-refractivity contribution in [1.29, 1.82) is 0 Å². The Kier molecular flexibility index (Phi) is 6.00. The maximum atomic E-state index is 12.2. The van der Waals surface area contributed by atoms with E-state index in [0.717, 1.165) is 7.05 Å². The molecule has 0 aromatic carbocycles. The van der Waals surface area contributed by atoms with Crippen LogP contribution >= 0.6 is 0 Å². The fraction of sp³-hybridized carbons (Fsp3) is 0.333. The van der Waals surface area contributed by atoms with Gasteiger partial charge in [0.05, 0.1) is 11.1 Å². The molecular formula is C6H6BF3KN3O4. The van der Waals surface area contributed by atoms with Crippen LogP contribution in [0.4, 0.5) is 18.6 Å². The third-order valence-electron chi connectivity index (χ3n) is 1.90. The fourth-order valence-corrected chi connectivity index (χ4v) is 1.20. The van der Waals surface area contributed by atoms with Crippen LogP contribution in [0, 0.1) is 10.1 Å². The average molecular weight is 291 g/mol. The quantitative estimate of drug-likeness (QED) is 0.334. The van der Waals surface area contributed by atoms with Gasteiger partial charge in [-0.2, -0.15) is 0 Å². The molecule has 0 saturated carbocycles. The summed E-state index contributed by atoms with van der Waals surface area (Å²) in [4.78, 5) is 31.8. The first-order valence-corrected chi connectivity index (χ1v) is 4.29.